The maximum absolute atomic E-state index is 9.17. The van der Waals surface area contributed by atoms with Crippen molar-refractivity contribution in [2.24, 2.45) is 0 Å². The predicted molar refractivity (Wildman–Crippen MR) is 48.8 cm³/mol. The highest BCUT2D eigenvalue weighted by Gasteiger charge is 2.23. The summed E-state index contributed by atoms with van der Waals surface area (Å²) in [6, 6.07) is 4.16. The molecule has 0 aromatic carbocycles. The highest BCUT2D eigenvalue weighted by molar-refractivity contribution is 5.45. The molecule has 66 valence electrons. The van der Waals surface area contributed by atoms with Gasteiger partial charge in [-0.2, -0.15) is 4.98 Å². The lowest BCUT2D eigenvalue weighted by atomic mass is 10.2. The van der Waals surface area contributed by atoms with Gasteiger partial charge < -0.3 is 9.51 Å². The van der Waals surface area contributed by atoms with E-state index in [4.69, 9.17) is 5.11 Å². The zero-order valence-electron chi connectivity index (χ0n) is 7.14. The summed E-state index contributed by atoms with van der Waals surface area (Å²) in [7, 11) is 0. The van der Waals surface area contributed by atoms with Crippen LogP contribution in [0.1, 0.15) is 24.3 Å². The molecule has 1 aliphatic rings. The van der Waals surface area contributed by atoms with E-state index in [1.165, 1.54) is 18.4 Å². The van der Waals surface area contributed by atoms with E-state index >= 15 is 0 Å². The Hall–Kier alpha value is -1.51. The zero-order valence-corrected chi connectivity index (χ0v) is 7.14. The summed E-state index contributed by atoms with van der Waals surface area (Å²) in [5.41, 5.74) is 2.18. The number of imidazole rings is 1. The van der Waals surface area contributed by atoms with Crippen molar-refractivity contribution in [2.75, 3.05) is 0 Å². The van der Waals surface area contributed by atoms with Gasteiger partial charge in [-0.3, -0.25) is 0 Å². The summed E-state index contributed by atoms with van der Waals surface area (Å²) in [4.78, 5) is 4.00. The normalized spacial score (nSPS) is 16.6. The molecule has 1 saturated carbocycles. The van der Waals surface area contributed by atoms with Crippen LogP contribution in [0.2, 0.25) is 0 Å². The van der Waals surface area contributed by atoms with Crippen molar-refractivity contribution in [1.82, 2.24) is 9.38 Å². The van der Waals surface area contributed by atoms with Crippen molar-refractivity contribution in [3.05, 3.63) is 30.1 Å². The maximum Gasteiger partial charge on any atom is 0.230 e. The van der Waals surface area contributed by atoms with Crippen LogP contribution >= 0.6 is 0 Å². The van der Waals surface area contributed by atoms with E-state index in [0.717, 1.165) is 11.6 Å². The Kier molecular flexibility index (Phi) is 1.20. The second-order valence-corrected chi connectivity index (χ2v) is 3.60. The summed E-state index contributed by atoms with van der Waals surface area (Å²) in [6.07, 6.45) is 6.16. The van der Waals surface area contributed by atoms with Crippen molar-refractivity contribution in [3.63, 3.8) is 0 Å². The van der Waals surface area contributed by atoms with E-state index in [9.17, 15) is 0 Å². The number of hydrogen-bond donors (Lipinski definition) is 1. The third-order valence-electron chi connectivity index (χ3n) is 2.52. The topological polar surface area (TPSA) is 37.5 Å². The maximum atomic E-state index is 9.17. The Morgan fingerprint density at radius 1 is 1.46 bits per heavy atom. The van der Waals surface area contributed by atoms with Crippen LogP contribution in [0.15, 0.2) is 24.5 Å². The minimum atomic E-state index is 0.0907. The van der Waals surface area contributed by atoms with Crippen molar-refractivity contribution >= 4 is 5.65 Å². The molecule has 0 amide bonds. The molecular weight excluding hydrogens is 164 g/mol. The Labute approximate surface area is 75.7 Å². The molecule has 0 aliphatic heterocycles. The van der Waals surface area contributed by atoms with E-state index in [-0.39, 0.29) is 5.88 Å². The first-order valence-corrected chi connectivity index (χ1v) is 4.50. The van der Waals surface area contributed by atoms with E-state index < -0.39 is 0 Å². The van der Waals surface area contributed by atoms with Crippen LogP contribution in [0.3, 0.4) is 0 Å². The quantitative estimate of drug-likeness (QED) is 0.717. The molecule has 0 saturated heterocycles. The lowest BCUT2D eigenvalue weighted by Gasteiger charge is -1.97. The fraction of sp³-hybridized carbons (Fsp3) is 0.300. The molecule has 2 aromatic rings. The van der Waals surface area contributed by atoms with Gasteiger partial charge in [0.15, 0.2) is 0 Å². The summed E-state index contributed by atoms with van der Waals surface area (Å²) < 4.78 is 1.83. The average molecular weight is 174 g/mol. The number of rotatable bonds is 1. The van der Waals surface area contributed by atoms with Gasteiger partial charge in [0.2, 0.25) is 5.88 Å². The van der Waals surface area contributed by atoms with Gasteiger partial charge in [0.05, 0.1) is 6.20 Å². The number of pyridine rings is 1. The van der Waals surface area contributed by atoms with Crippen LogP contribution in [-0.2, 0) is 0 Å². The second kappa shape index (κ2) is 2.25. The van der Waals surface area contributed by atoms with E-state index in [0.29, 0.717) is 0 Å². The number of hydrogen-bond acceptors (Lipinski definition) is 2. The Morgan fingerprint density at radius 3 is 3.08 bits per heavy atom. The molecule has 0 unspecified atom stereocenters. The van der Waals surface area contributed by atoms with Crippen LogP contribution in [-0.4, -0.2) is 14.5 Å². The molecule has 2 heterocycles. The minimum Gasteiger partial charge on any atom is -0.492 e. The summed E-state index contributed by atoms with van der Waals surface area (Å²) in [5, 5.41) is 9.17. The predicted octanol–water partition coefficient (Wildman–Crippen LogP) is 1.92. The first-order chi connectivity index (χ1) is 6.33. The van der Waals surface area contributed by atoms with Crippen molar-refractivity contribution in [3.8, 4) is 5.88 Å². The van der Waals surface area contributed by atoms with Gasteiger partial charge in [-0.25, -0.2) is 0 Å². The van der Waals surface area contributed by atoms with Crippen LogP contribution in [0, 0.1) is 0 Å². The molecule has 0 spiro atoms. The van der Waals surface area contributed by atoms with Crippen LogP contribution in [0.5, 0.6) is 5.88 Å². The lowest BCUT2D eigenvalue weighted by molar-refractivity contribution is 0.457. The van der Waals surface area contributed by atoms with Crippen molar-refractivity contribution < 1.29 is 5.11 Å². The van der Waals surface area contributed by atoms with Gasteiger partial charge in [0, 0.05) is 6.20 Å². The average Bonchev–Trinajstić information content (AvgIpc) is 2.87. The lowest BCUT2D eigenvalue weighted by Crippen LogP contribution is -1.85. The molecule has 1 fully saturated rings. The fourth-order valence-electron chi connectivity index (χ4n) is 1.65. The Bertz CT molecular complexity index is 457. The third-order valence-corrected chi connectivity index (χ3v) is 2.52. The van der Waals surface area contributed by atoms with E-state index in [2.05, 4.69) is 17.1 Å². The molecule has 3 rings (SSSR count). The largest absolute Gasteiger partial charge is 0.492 e. The molecule has 0 radical (unpaired) electrons. The second-order valence-electron chi connectivity index (χ2n) is 3.60. The van der Waals surface area contributed by atoms with E-state index in [1.807, 2.05) is 10.6 Å². The highest BCUT2D eigenvalue weighted by atomic mass is 16.3. The van der Waals surface area contributed by atoms with Gasteiger partial charge in [0.1, 0.15) is 5.65 Å². The Morgan fingerprint density at radius 2 is 2.31 bits per heavy atom. The molecule has 3 nitrogen and oxygen atoms in total. The molecule has 1 aliphatic carbocycles. The molecule has 1 N–H and O–H groups in total. The summed E-state index contributed by atoms with van der Waals surface area (Å²) in [6.45, 7) is 0. The van der Waals surface area contributed by atoms with Gasteiger partial charge in [-0.05, 0) is 36.5 Å². The van der Waals surface area contributed by atoms with Gasteiger partial charge >= 0.3 is 0 Å². The first-order valence-electron chi connectivity index (χ1n) is 4.50. The molecule has 0 atom stereocenters. The minimum absolute atomic E-state index is 0.0907. The van der Waals surface area contributed by atoms with Crippen molar-refractivity contribution in [1.29, 1.82) is 0 Å². The SMILES string of the molecule is Oc1cn2ccc(C3CC3)cc2n1. The van der Waals surface area contributed by atoms with Crippen LogP contribution < -0.4 is 0 Å². The fourth-order valence-corrected chi connectivity index (χ4v) is 1.65. The Balaban J connectivity index is 2.20. The molecule has 13 heavy (non-hydrogen) atoms. The molecular formula is C10H10N2O. The molecule has 3 heteroatoms. The smallest absolute Gasteiger partial charge is 0.230 e. The molecule has 0 bridgehead atoms. The standard InChI is InChI=1S/C10H10N2O/c13-10-6-12-4-3-8(7-1-2-7)5-9(12)11-10/h3-7,13H,1-2H2. The number of fused-ring (bicyclic) bond motifs is 1. The zero-order chi connectivity index (χ0) is 8.84. The van der Waals surface area contributed by atoms with Gasteiger partial charge in [-0.1, -0.05) is 0 Å². The third kappa shape index (κ3) is 1.08. The first kappa shape index (κ1) is 6.95. The number of aromatic hydroxyl groups is 1. The van der Waals surface area contributed by atoms with Crippen LogP contribution in [0.4, 0.5) is 0 Å². The summed E-state index contributed by atoms with van der Waals surface area (Å²) >= 11 is 0. The van der Waals surface area contributed by atoms with Gasteiger partial charge in [0.25, 0.3) is 0 Å². The molecule has 2 aromatic heterocycles. The number of nitrogens with zero attached hydrogens (tertiary/aromatic N) is 2. The van der Waals surface area contributed by atoms with E-state index in [1.54, 1.807) is 6.20 Å². The van der Waals surface area contributed by atoms with Crippen molar-refractivity contribution in [2.45, 2.75) is 18.8 Å². The monoisotopic (exact) mass is 174 g/mol. The van der Waals surface area contributed by atoms with Gasteiger partial charge in [-0.15, -0.1) is 0 Å². The summed E-state index contributed by atoms with van der Waals surface area (Å²) in [5.74, 6) is 0.830. The van der Waals surface area contributed by atoms with Crippen LogP contribution in [0.25, 0.3) is 5.65 Å². The highest BCUT2D eigenvalue weighted by Crippen LogP contribution is 2.40. The number of aromatic nitrogens is 2.